The van der Waals surface area contributed by atoms with Crippen LogP contribution in [0.2, 0.25) is 0 Å². The van der Waals surface area contributed by atoms with Gasteiger partial charge in [-0.15, -0.1) is 0 Å². The van der Waals surface area contributed by atoms with Crippen molar-refractivity contribution < 1.29 is 0 Å². The molecule has 1 aromatic carbocycles. The summed E-state index contributed by atoms with van der Waals surface area (Å²) in [6.45, 7) is 10.8. The van der Waals surface area contributed by atoms with Crippen LogP contribution in [0, 0.1) is 0 Å². The monoisotopic (exact) mass is 362 g/mol. The Morgan fingerprint density at radius 1 is 1.17 bits per heavy atom. The lowest BCUT2D eigenvalue weighted by atomic mass is 9.84. The van der Waals surface area contributed by atoms with E-state index in [4.69, 9.17) is 11.8 Å². The maximum absolute atomic E-state index is 6.29. The molecule has 1 atom stereocenters. The lowest BCUT2D eigenvalue weighted by molar-refractivity contribution is 0.459. The number of likely N-dealkylation sites (N-methyl/N-ethyl adjacent to an activating group) is 1. The van der Waals surface area contributed by atoms with Gasteiger partial charge in [0, 0.05) is 44.0 Å². The standard InChI is InChI=1S/C18H27N4PS/c1-7-22(8-2)23(24)16(13-19-21(23)6)17-18(3,4)14-11-9-10-12-15(14)20(17)5/h9-13H,7-8H2,1-6H3/b17-16+/t23-/m1/s1. The summed E-state index contributed by atoms with van der Waals surface area (Å²) in [5.41, 5.74) is 3.86. The molecule has 2 heterocycles. The van der Waals surface area contributed by atoms with E-state index in [2.05, 4.69) is 73.7 Å². The molecule has 130 valence electrons. The molecule has 0 N–H and O–H groups in total. The van der Waals surface area contributed by atoms with Gasteiger partial charge in [0.05, 0.1) is 11.5 Å². The molecule has 0 amide bonds. The number of anilines is 1. The van der Waals surface area contributed by atoms with Gasteiger partial charge >= 0.3 is 0 Å². The summed E-state index contributed by atoms with van der Waals surface area (Å²) < 4.78 is 4.44. The zero-order valence-electron chi connectivity index (χ0n) is 15.4. The number of rotatable bonds is 3. The van der Waals surface area contributed by atoms with Crippen LogP contribution in [-0.4, -0.2) is 42.8 Å². The number of hydrazone groups is 1. The highest BCUT2D eigenvalue weighted by molar-refractivity contribution is 8.14. The average Bonchev–Trinajstić information content (AvgIpc) is 2.95. The molecule has 24 heavy (non-hydrogen) atoms. The zero-order valence-corrected chi connectivity index (χ0v) is 17.2. The SMILES string of the molecule is CCN(CC)[P@@]1(=S)/C(=C2/N(C)c3ccccc3C2(C)C)C=NN1C. The van der Waals surface area contributed by atoms with E-state index in [1.165, 1.54) is 22.3 Å². The fourth-order valence-electron chi connectivity index (χ4n) is 4.03. The first kappa shape index (κ1) is 17.7. The summed E-state index contributed by atoms with van der Waals surface area (Å²) in [4.78, 5) is 2.32. The molecule has 6 heteroatoms. The van der Waals surface area contributed by atoms with Crippen LogP contribution < -0.4 is 4.90 Å². The van der Waals surface area contributed by atoms with Gasteiger partial charge in [-0.3, -0.25) is 9.45 Å². The van der Waals surface area contributed by atoms with Gasteiger partial charge in [-0.1, -0.05) is 57.7 Å². The first-order valence-corrected chi connectivity index (χ1v) is 11.2. The van der Waals surface area contributed by atoms with Gasteiger partial charge in [0.1, 0.15) is 6.34 Å². The molecular weight excluding hydrogens is 335 g/mol. The molecule has 0 aliphatic carbocycles. The second-order valence-corrected chi connectivity index (χ2v) is 11.1. The lowest BCUT2D eigenvalue weighted by Gasteiger charge is -2.38. The molecule has 0 radical (unpaired) electrons. The van der Waals surface area contributed by atoms with E-state index < -0.39 is 6.34 Å². The van der Waals surface area contributed by atoms with Crippen LogP contribution in [-0.2, 0) is 17.2 Å². The summed E-state index contributed by atoms with van der Waals surface area (Å²) in [5, 5.41) is 5.85. The molecular formula is C18H27N4PS. The maximum Gasteiger partial charge on any atom is 0.148 e. The van der Waals surface area contributed by atoms with Crippen molar-refractivity contribution in [3.05, 3.63) is 40.8 Å². The Hall–Kier alpha value is -1.16. The fraction of sp³-hybridized carbons (Fsp3) is 0.500. The van der Waals surface area contributed by atoms with Crippen LogP contribution >= 0.6 is 6.34 Å². The van der Waals surface area contributed by atoms with Crippen molar-refractivity contribution in [2.24, 2.45) is 5.10 Å². The Morgan fingerprint density at radius 2 is 1.79 bits per heavy atom. The van der Waals surface area contributed by atoms with Crippen LogP contribution in [0.3, 0.4) is 0 Å². The first-order chi connectivity index (χ1) is 11.3. The van der Waals surface area contributed by atoms with Crippen molar-refractivity contribution in [3.63, 3.8) is 0 Å². The normalized spacial score (nSPS) is 28.1. The van der Waals surface area contributed by atoms with Crippen molar-refractivity contribution in [2.45, 2.75) is 33.1 Å². The summed E-state index contributed by atoms with van der Waals surface area (Å²) in [6.07, 6.45) is -0.0481. The number of allylic oxidation sites excluding steroid dienone is 2. The van der Waals surface area contributed by atoms with Crippen LogP contribution in [0.5, 0.6) is 0 Å². The van der Waals surface area contributed by atoms with E-state index in [1.54, 1.807) is 0 Å². The van der Waals surface area contributed by atoms with Gasteiger partial charge in [0.25, 0.3) is 0 Å². The molecule has 0 saturated heterocycles. The molecule has 0 saturated carbocycles. The molecule has 3 rings (SSSR count). The Kier molecular flexibility index (Phi) is 4.40. The van der Waals surface area contributed by atoms with E-state index >= 15 is 0 Å². The van der Waals surface area contributed by atoms with E-state index in [0.29, 0.717) is 0 Å². The molecule has 0 unspecified atom stereocenters. The van der Waals surface area contributed by atoms with E-state index in [9.17, 15) is 0 Å². The number of hydrogen-bond donors (Lipinski definition) is 0. The van der Waals surface area contributed by atoms with Crippen molar-refractivity contribution >= 4 is 30.0 Å². The number of nitrogens with zero attached hydrogens (tertiary/aromatic N) is 4. The lowest BCUT2D eigenvalue weighted by Crippen LogP contribution is -2.30. The maximum atomic E-state index is 6.29. The first-order valence-electron chi connectivity index (χ1n) is 8.52. The minimum absolute atomic E-state index is 0.0743. The molecule has 0 bridgehead atoms. The van der Waals surface area contributed by atoms with E-state index in [-0.39, 0.29) is 5.41 Å². The van der Waals surface area contributed by atoms with E-state index in [1.807, 2.05) is 18.0 Å². The topological polar surface area (TPSA) is 22.1 Å². The molecule has 4 nitrogen and oxygen atoms in total. The van der Waals surface area contributed by atoms with Gasteiger partial charge < -0.3 is 4.90 Å². The molecule has 2 aliphatic heterocycles. The number of hydrogen-bond acceptors (Lipinski definition) is 3. The predicted octanol–water partition coefficient (Wildman–Crippen LogP) is 4.21. The average molecular weight is 362 g/mol. The Bertz CT molecular complexity index is 764. The van der Waals surface area contributed by atoms with Crippen molar-refractivity contribution in [1.29, 1.82) is 0 Å². The molecule has 1 aromatic rings. The predicted molar refractivity (Wildman–Crippen MR) is 108 cm³/mol. The third kappa shape index (κ3) is 2.22. The highest BCUT2D eigenvalue weighted by atomic mass is 32.4. The smallest absolute Gasteiger partial charge is 0.148 e. The Balaban J connectivity index is 2.26. The second kappa shape index (κ2) is 5.98. The fourth-order valence-corrected chi connectivity index (χ4v) is 8.10. The summed E-state index contributed by atoms with van der Waals surface area (Å²) >= 11 is 6.29. The van der Waals surface area contributed by atoms with E-state index in [0.717, 1.165) is 13.1 Å². The van der Waals surface area contributed by atoms with Crippen LogP contribution in [0.15, 0.2) is 40.4 Å². The van der Waals surface area contributed by atoms with Crippen molar-refractivity contribution in [2.75, 3.05) is 32.1 Å². The number of benzene rings is 1. The van der Waals surface area contributed by atoms with Gasteiger partial charge in [-0.25, -0.2) is 0 Å². The largest absolute Gasteiger partial charge is 0.346 e. The highest BCUT2D eigenvalue weighted by Gasteiger charge is 2.46. The Labute approximate surface area is 150 Å². The molecule has 0 aromatic heterocycles. The minimum atomic E-state index is -2.06. The molecule has 0 spiro atoms. The van der Waals surface area contributed by atoms with Gasteiger partial charge in [0.2, 0.25) is 0 Å². The van der Waals surface area contributed by atoms with Crippen LogP contribution in [0.4, 0.5) is 5.69 Å². The van der Waals surface area contributed by atoms with Gasteiger partial charge in [0.15, 0.2) is 0 Å². The van der Waals surface area contributed by atoms with Crippen molar-refractivity contribution in [3.8, 4) is 0 Å². The summed E-state index contributed by atoms with van der Waals surface area (Å²) in [6, 6.07) is 8.66. The Morgan fingerprint density at radius 3 is 2.38 bits per heavy atom. The quantitative estimate of drug-likeness (QED) is 0.751. The summed E-state index contributed by atoms with van der Waals surface area (Å²) in [5.74, 6) is 0. The highest BCUT2D eigenvalue weighted by Crippen LogP contribution is 2.65. The van der Waals surface area contributed by atoms with Crippen LogP contribution in [0.25, 0.3) is 0 Å². The summed E-state index contributed by atoms with van der Waals surface area (Å²) in [7, 11) is 4.18. The third-order valence-electron chi connectivity index (χ3n) is 5.28. The second-order valence-electron chi connectivity index (χ2n) is 6.85. The zero-order chi connectivity index (χ0) is 17.7. The van der Waals surface area contributed by atoms with Gasteiger partial charge in [-0.2, -0.15) is 5.10 Å². The number of fused-ring (bicyclic) bond motifs is 1. The minimum Gasteiger partial charge on any atom is -0.346 e. The van der Waals surface area contributed by atoms with Gasteiger partial charge in [-0.05, 0) is 11.6 Å². The third-order valence-corrected chi connectivity index (χ3v) is 10.4. The number of para-hydroxylation sites is 1. The molecule has 2 aliphatic rings. The van der Waals surface area contributed by atoms with Crippen LogP contribution in [0.1, 0.15) is 33.3 Å². The van der Waals surface area contributed by atoms with Crippen molar-refractivity contribution in [1.82, 2.24) is 9.45 Å². The molecule has 0 fully saturated rings.